The summed E-state index contributed by atoms with van der Waals surface area (Å²) in [5, 5.41) is 16.6. The number of carboxylic acid groups (broad SMARTS) is 1. The first-order chi connectivity index (χ1) is 9.17. The Balaban J connectivity index is 2.45. The number of aromatic carboxylic acids is 1. The van der Waals surface area contributed by atoms with E-state index in [0.717, 1.165) is 12.1 Å². The number of aryl methyl sites for hydroxylation is 1. The molecule has 0 spiro atoms. The van der Waals surface area contributed by atoms with E-state index in [1.165, 1.54) is 17.4 Å². The minimum atomic E-state index is -1.11. The van der Waals surface area contributed by atoms with Crippen molar-refractivity contribution < 1.29 is 14.6 Å². The third-order valence-electron chi connectivity index (χ3n) is 2.84. The van der Waals surface area contributed by atoms with Crippen molar-refractivity contribution in [2.24, 2.45) is 0 Å². The molecule has 0 atom stereocenters. The van der Waals surface area contributed by atoms with Crippen LogP contribution in [-0.2, 0) is 17.8 Å². The molecule has 0 saturated heterocycles. The van der Waals surface area contributed by atoms with E-state index in [2.05, 4.69) is 17.2 Å². The van der Waals surface area contributed by atoms with Gasteiger partial charge in [-0.2, -0.15) is 0 Å². The number of rotatable bonds is 5. The molecule has 2 aromatic rings. The summed E-state index contributed by atoms with van der Waals surface area (Å²) >= 11 is 0. The molecule has 6 nitrogen and oxygen atoms in total. The summed E-state index contributed by atoms with van der Waals surface area (Å²) in [6.07, 6.45) is 0.947. The highest BCUT2D eigenvalue weighted by Gasteiger charge is 2.19. The van der Waals surface area contributed by atoms with Crippen LogP contribution in [0.25, 0.3) is 5.69 Å². The van der Waals surface area contributed by atoms with Crippen LogP contribution in [0.3, 0.4) is 0 Å². The van der Waals surface area contributed by atoms with Crippen LogP contribution in [0.5, 0.6) is 0 Å². The molecule has 0 radical (unpaired) electrons. The van der Waals surface area contributed by atoms with Crippen molar-refractivity contribution in [3.05, 3.63) is 41.2 Å². The number of carbonyl (C=O) groups is 1. The van der Waals surface area contributed by atoms with Gasteiger partial charge < -0.3 is 9.84 Å². The van der Waals surface area contributed by atoms with E-state index in [9.17, 15) is 4.79 Å². The van der Waals surface area contributed by atoms with Crippen molar-refractivity contribution in [3.63, 3.8) is 0 Å². The monoisotopic (exact) mass is 261 g/mol. The summed E-state index contributed by atoms with van der Waals surface area (Å²) in [5.74, 6) is -1.11. The van der Waals surface area contributed by atoms with Crippen molar-refractivity contribution in [2.45, 2.75) is 20.0 Å². The van der Waals surface area contributed by atoms with E-state index in [1.807, 2.05) is 24.3 Å². The highest BCUT2D eigenvalue weighted by molar-refractivity contribution is 5.86. The average Bonchev–Trinajstić information content (AvgIpc) is 2.83. The van der Waals surface area contributed by atoms with E-state index in [0.29, 0.717) is 5.69 Å². The molecule has 0 fully saturated rings. The molecule has 0 saturated carbocycles. The van der Waals surface area contributed by atoms with Crippen molar-refractivity contribution in [1.29, 1.82) is 0 Å². The molecule has 100 valence electrons. The molecule has 19 heavy (non-hydrogen) atoms. The minimum absolute atomic E-state index is 0.0820. The Hall–Kier alpha value is -2.21. The van der Waals surface area contributed by atoms with Gasteiger partial charge in [0.1, 0.15) is 5.69 Å². The standard InChI is InChI=1S/C13H15N3O3/c1-3-9-4-6-10(7-5-9)16-11(8-19-2)12(13(17)18)14-15-16/h4-7H,3,8H2,1-2H3,(H,17,18). The van der Waals surface area contributed by atoms with Crippen molar-refractivity contribution in [1.82, 2.24) is 15.0 Å². The summed E-state index contributed by atoms with van der Waals surface area (Å²) in [5.41, 5.74) is 2.32. The molecule has 0 amide bonds. The predicted octanol–water partition coefficient (Wildman–Crippen LogP) is 1.67. The largest absolute Gasteiger partial charge is 0.476 e. The molecule has 0 unspecified atom stereocenters. The Morgan fingerprint density at radius 1 is 1.37 bits per heavy atom. The Kier molecular flexibility index (Phi) is 3.91. The molecular weight excluding hydrogens is 246 g/mol. The third kappa shape index (κ3) is 2.63. The van der Waals surface area contributed by atoms with Crippen LogP contribution >= 0.6 is 0 Å². The van der Waals surface area contributed by atoms with Gasteiger partial charge in [-0.05, 0) is 24.1 Å². The zero-order valence-corrected chi connectivity index (χ0v) is 10.8. The van der Waals surface area contributed by atoms with Gasteiger partial charge >= 0.3 is 5.97 Å². The number of methoxy groups -OCH3 is 1. The highest BCUT2D eigenvalue weighted by Crippen LogP contribution is 2.15. The van der Waals surface area contributed by atoms with E-state index in [4.69, 9.17) is 9.84 Å². The molecule has 1 aromatic heterocycles. The van der Waals surface area contributed by atoms with Crippen LogP contribution in [0.15, 0.2) is 24.3 Å². The molecule has 1 heterocycles. The first-order valence-electron chi connectivity index (χ1n) is 5.93. The average molecular weight is 261 g/mol. The first kappa shape index (κ1) is 13.2. The fourth-order valence-electron chi connectivity index (χ4n) is 1.81. The van der Waals surface area contributed by atoms with E-state index in [-0.39, 0.29) is 12.3 Å². The summed E-state index contributed by atoms with van der Waals surface area (Å²) < 4.78 is 6.51. The second-order valence-electron chi connectivity index (χ2n) is 4.05. The topological polar surface area (TPSA) is 77.2 Å². The Labute approximate surface area is 110 Å². The van der Waals surface area contributed by atoms with Crippen LogP contribution in [0, 0.1) is 0 Å². The SMILES string of the molecule is CCc1ccc(-n2nnc(C(=O)O)c2COC)cc1. The number of benzene rings is 1. The summed E-state index contributed by atoms with van der Waals surface area (Å²) in [7, 11) is 1.50. The lowest BCUT2D eigenvalue weighted by Gasteiger charge is -2.06. The number of hydrogen-bond acceptors (Lipinski definition) is 4. The maximum absolute atomic E-state index is 11.1. The van der Waals surface area contributed by atoms with Gasteiger partial charge in [-0.15, -0.1) is 5.10 Å². The maximum Gasteiger partial charge on any atom is 0.358 e. The van der Waals surface area contributed by atoms with Gasteiger partial charge in [0, 0.05) is 7.11 Å². The fraction of sp³-hybridized carbons (Fsp3) is 0.308. The smallest absolute Gasteiger partial charge is 0.358 e. The van der Waals surface area contributed by atoms with E-state index in [1.54, 1.807) is 0 Å². The van der Waals surface area contributed by atoms with Gasteiger partial charge in [0.05, 0.1) is 12.3 Å². The second kappa shape index (κ2) is 5.62. The molecule has 6 heteroatoms. The Morgan fingerprint density at radius 3 is 2.58 bits per heavy atom. The highest BCUT2D eigenvalue weighted by atomic mass is 16.5. The lowest BCUT2D eigenvalue weighted by Crippen LogP contribution is -2.08. The molecule has 1 aromatic carbocycles. The Morgan fingerprint density at radius 2 is 2.05 bits per heavy atom. The fourth-order valence-corrected chi connectivity index (χ4v) is 1.81. The number of nitrogens with zero attached hydrogens (tertiary/aromatic N) is 3. The van der Waals surface area contributed by atoms with Crippen LogP contribution < -0.4 is 0 Å². The molecule has 1 N–H and O–H groups in total. The molecule has 2 rings (SSSR count). The maximum atomic E-state index is 11.1. The number of hydrogen-bond donors (Lipinski definition) is 1. The van der Waals surface area contributed by atoms with Gasteiger partial charge in [-0.1, -0.05) is 24.3 Å². The Bertz CT molecular complexity index is 575. The van der Waals surface area contributed by atoms with Crippen LogP contribution in [0.1, 0.15) is 28.7 Å². The van der Waals surface area contributed by atoms with Crippen molar-refractivity contribution >= 4 is 5.97 Å². The number of aromatic nitrogens is 3. The molecule has 0 bridgehead atoms. The predicted molar refractivity (Wildman–Crippen MR) is 68.4 cm³/mol. The van der Waals surface area contributed by atoms with Gasteiger partial charge in [-0.25, -0.2) is 9.48 Å². The third-order valence-corrected chi connectivity index (χ3v) is 2.84. The zero-order valence-electron chi connectivity index (χ0n) is 10.8. The number of ether oxygens (including phenoxy) is 1. The molecular formula is C13H15N3O3. The van der Waals surface area contributed by atoms with Crippen molar-refractivity contribution in [2.75, 3.05) is 7.11 Å². The normalized spacial score (nSPS) is 10.6. The summed E-state index contributed by atoms with van der Waals surface area (Å²) in [6, 6.07) is 7.73. The van der Waals surface area contributed by atoms with Crippen LogP contribution in [-0.4, -0.2) is 33.2 Å². The van der Waals surface area contributed by atoms with Gasteiger partial charge in [-0.3, -0.25) is 0 Å². The quantitative estimate of drug-likeness (QED) is 0.886. The van der Waals surface area contributed by atoms with Crippen LogP contribution in [0.2, 0.25) is 0 Å². The first-order valence-corrected chi connectivity index (χ1v) is 5.93. The lowest BCUT2D eigenvalue weighted by molar-refractivity contribution is 0.0685. The van der Waals surface area contributed by atoms with E-state index < -0.39 is 5.97 Å². The molecule has 0 aliphatic heterocycles. The molecule has 0 aliphatic carbocycles. The summed E-state index contributed by atoms with van der Waals surface area (Å²) in [4.78, 5) is 11.1. The summed E-state index contributed by atoms with van der Waals surface area (Å²) in [6.45, 7) is 2.22. The van der Waals surface area contributed by atoms with Crippen LogP contribution in [0.4, 0.5) is 0 Å². The second-order valence-corrected chi connectivity index (χ2v) is 4.05. The minimum Gasteiger partial charge on any atom is -0.476 e. The van der Waals surface area contributed by atoms with Gasteiger partial charge in [0.2, 0.25) is 0 Å². The lowest BCUT2D eigenvalue weighted by atomic mass is 10.1. The molecule has 0 aliphatic rings. The van der Waals surface area contributed by atoms with Gasteiger partial charge in [0.15, 0.2) is 5.69 Å². The number of carboxylic acids is 1. The van der Waals surface area contributed by atoms with Crippen molar-refractivity contribution in [3.8, 4) is 5.69 Å². The zero-order chi connectivity index (χ0) is 13.8. The van der Waals surface area contributed by atoms with E-state index >= 15 is 0 Å². The van der Waals surface area contributed by atoms with Gasteiger partial charge in [0.25, 0.3) is 0 Å².